The number of likely N-dealkylation sites (tertiary alicyclic amines) is 1. The summed E-state index contributed by atoms with van der Waals surface area (Å²) in [5.41, 5.74) is -2.35. The molecule has 200 valence electrons. The number of hydrogen-bond acceptors (Lipinski definition) is 7. The second-order valence-corrected chi connectivity index (χ2v) is 12.1. The molecule has 0 aromatic carbocycles. The largest absolute Gasteiger partial charge is 0.466 e. The van der Waals surface area contributed by atoms with Crippen LogP contribution in [-0.4, -0.2) is 88.5 Å². The van der Waals surface area contributed by atoms with Crippen molar-refractivity contribution in [3.8, 4) is 0 Å². The van der Waals surface area contributed by atoms with Crippen LogP contribution in [0.5, 0.6) is 0 Å². The molecule has 0 spiro atoms. The maximum Gasteiger partial charge on any atom is 0.425 e. The standard InChI is InChI=1S/C24H39F2N3O6/c1-9-33-18(30)23(8)10-15(11-23)12-28-17-16(13-29(28)20(32)35-22(5,6)7)27(14-24(17,25)26)19(31)34-21(2,3)4/h15-17H,9-14H2,1-8H3/t15?,16-,17+,23?/m0/s1. The van der Waals surface area contributed by atoms with Gasteiger partial charge in [0, 0.05) is 6.54 Å². The number of halogens is 2. The van der Waals surface area contributed by atoms with Crippen molar-refractivity contribution in [2.45, 2.75) is 97.4 Å². The van der Waals surface area contributed by atoms with Gasteiger partial charge >= 0.3 is 18.2 Å². The van der Waals surface area contributed by atoms with E-state index in [1.165, 1.54) is 10.0 Å². The van der Waals surface area contributed by atoms with Gasteiger partial charge in [-0.2, -0.15) is 0 Å². The molecular weight excluding hydrogens is 464 g/mol. The summed E-state index contributed by atoms with van der Waals surface area (Å²) in [5.74, 6) is -3.67. The lowest BCUT2D eigenvalue weighted by molar-refractivity contribution is -0.167. The summed E-state index contributed by atoms with van der Waals surface area (Å²) in [4.78, 5) is 39.1. The molecular formula is C24H39F2N3O6. The van der Waals surface area contributed by atoms with Gasteiger partial charge in [0.05, 0.1) is 31.2 Å². The summed E-state index contributed by atoms with van der Waals surface area (Å²) in [7, 11) is 0. The molecule has 35 heavy (non-hydrogen) atoms. The minimum Gasteiger partial charge on any atom is -0.466 e. The summed E-state index contributed by atoms with van der Waals surface area (Å²) in [5, 5.41) is 2.53. The Kier molecular flexibility index (Phi) is 7.09. The normalized spacial score (nSPS) is 30.5. The molecule has 0 N–H and O–H groups in total. The van der Waals surface area contributed by atoms with Crippen molar-refractivity contribution >= 4 is 18.2 Å². The number of carbonyl (C=O) groups is 3. The van der Waals surface area contributed by atoms with Gasteiger partial charge in [-0.3, -0.25) is 9.69 Å². The maximum absolute atomic E-state index is 15.4. The molecule has 2 saturated heterocycles. The van der Waals surface area contributed by atoms with E-state index in [9.17, 15) is 14.4 Å². The van der Waals surface area contributed by atoms with Crippen molar-refractivity contribution in [1.82, 2.24) is 14.9 Å². The van der Waals surface area contributed by atoms with E-state index in [4.69, 9.17) is 14.2 Å². The van der Waals surface area contributed by atoms with Crippen LogP contribution in [0.15, 0.2) is 0 Å². The Morgan fingerprint density at radius 3 is 2.03 bits per heavy atom. The van der Waals surface area contributed by atoms with E-state index >= 15 is 8.78 Å². The molecule has 3 fully saturated rings. The third kappa shape index (κ3) is 5.81. The Hall–Kier alpha value is -2.17. The van der Waals surface area contributed by atoms with Gasteiger partial charge in [0.2, 0.25) is 0 Å². The van der Waals surface area contributed by atoms with Crippen LogP contribution in [0.2, 0.25) is 0 Å². The van der Waals surface area contributed by atoms with E-state index in [0.717, 1.165) is 4.90 Å². The molecule has 1 aliphatic carbocycles. The minimum absolute atomic E-state index is 0.0977. The van der Waals surface area contributed by atoms with Crippen LogP contribution in [0.1, 0.15) is 68.2 Å². The van der Waals surface area contributed by atoms with Crippen LogP contribution in [0.4, 0.5) is 18.4 Å². The fraction of sp³-hybridized carbons (Fsp3) is 0.875. The Labute approximate surface area is 206 Å². The van der Waals surface area contributed by atoms with Gasteiger partial charge in [-0.1, -0.05) is 0 Å². The predicted molar refractivity (Wildman–Crippen MR) is 123 cm³/mol. The molecule has 0 unspecified atom stereocenters. The van der Waals surface area contributed by atoms with Crippen LogP contribution in [-0.2, 0) is 19.0 Å². The van der Waals surface area contributed by atoms with E-state index in [1.54, 1.807) is 55.4 Å². The lowest BCUT2D eigenvalue weighted by Crippen LogP contribution is -2.56. The number of rotatable bonds is 4. The highest BCUT2D eigenvalue weighted by atomic mass is 19.3. The Morgan fingerprint density at radius 2 is 1.51 bits per heavy atom. The topological polar surface area (TPSA) is 88.6 Å². The number of ether oxygens (including phenoxy) is 3. The van der Waals surface area contributed by atoms with E-state index in [2.05, 4.69) is 0 Å². The minimum atomic E-state index is -3.27. The number of alkyl halides is 2. The fourth-order valence-electron chi connectivity index (χ4n) is 5.24. The van der Waals surface area contributed by atoms with Crippen molar-refractivity contribution in [3.63, 3.8) is 0 Å². The zero-order valence-electron chi connectivity index (χ0n) is 22.0. The van der Waals surface area contributed by atoms with Gasteiger partial charge < -0.3 is 14.2 Å². The SMILES string of the molecule is CCOC(=O)C1(C)CC(CN2[C@@H]3[C@H](CN2C(=O)OC(C)(C)C)N(C(=O)OC(C)(C)C)CC3(F)F)C1. The van der Waals surface area contributed by atoms with Crippen LogP contribution in [0, 0.1) is 11.3 Å². The third-order valence-electron chi connectivity index (χ3n) is 6.49. The van der Waals surface area contributed by atoms with Gasteiger partial charge in [0.25, 0.3) is 5.92 Å². The Bertz CT molecular complexity index is 847. The molecule has 2 amide bonds. The van der Waals surface area contributed by atoms with E-state index in [1.807, 2.05) is 0 Å². The number of amides is 2. The van der Waals surface area contributed by atoms with Crippen molar-refractivity contribution in [2.75, 3.05) is 26.2 Å². The number of carbonyl (C=O) groups excluding carboxylic acids is 3. The number of hydrazine groups is 1. The van der Waals surface area contributed by atoms with Crippen molar-refractivity contribution < 1.29 is 37.4 Å². The van der Waals surface area contributed by atoms with Crippen molar-refractivity contribution in [3.05, 3.63) is 0 Å². The van der Waals surface area contributed by atoms with Crippen molar-refractivity contribution in [2.24, 2.45) is 11.3 Å². The molecule has 2 aliphatic heterocycles. The second-order valence-electron chi connectivity index (χ2n) is 12.1. The molecule has 3 rings (SSSR count). The zero-order chi connectivity index (χ0) is 26.6. The molecule has 2 atom stereocenters. The summed E-state index contributed by atoms with van der Waals surface area (Å²) in [6.45, 7) is 13.1. The molecule has 0 bridgehead atoms. The lowest BCUT2D eigenvalue weighted by Gasteiger charge is -2.46. The first kappa shape index (κ1) is 27.4. The van der Waals surface area contributed by atoms with Gasteiger partial charge in [0.15, 0.2) is 0 Å². The van der Waals surface area contributed by atoms with Crippen LogP contribution >= 0.6 is 0 Å². The molecule has 9 nitrogen and oxygen atoms in total. The Morgan fingerprint density at radius 1 is 0.971 bits per heavy atom. The highest BCUT2D eigenvalue weighted by Crippen LogP contribution is 2.49. The summed E-state index contributed by atoms with van der Waals surface area (Å²) in [6.07, 6.45) is -0.666. The molecule has 0 radical (unpaired) electrons. The predicted octanol–water partition coefficient (Wildman–Crippen LogP) is 4.06. The fourth-order valence-corrected chi connectivity index (χ4v) is 5.24. The zero-order valence-corrected chi connectivity index (χ0v) is 22.0. The maximum atomic E-state index is 15.4. The third-order valence-corrected chi connectivity index (χ3v) is 6.49. The number of nitrogens with zero attached hydrogens (tertiary/aromatic N) is 3. The quantitative estimate of drug-likeness (QED) is 0.422. The van der Waals surface area contributed by atoms with Gasteiger partial charge in [-0.15, -0.1) is 0 Å². The summed E-state index contributed by atoms with van der Waals surface area (Å²) < 4.78 is 46.8. The first-order valence-corrected chi connectivity index (χ1v) is 12.2. The monoisotopic (exact) mass is 503 g/mol. The molecule has 0 aromatic heterocycles. The molecule has 11 heteroatoms. The number of esters is 1. The number of fused-ring (bicyclic) bond motifs is 1. The van der Waals surface area contributed by atoms with Gasteiger partial charge in [-0.05, 0) is 74.1 Å². The van der Waals surface area contributed by atoms with Crippen LogP contribution < -0.4 is 0 Å². The van der Waals surface area contributed by atoms with Crippen molar-refractivity contribution in [1.29, 1.82) is 0 Å². The van der Waals surface area contributed by atoms with Crippen LogP contribution in [0.3, 0.4) is 0 Å². The Balaban J connectivity index is 1.84. The summed E-state index contributed by atoms with van der Waals surface area (Å²) >= 11 is 0. The first-order chi connectivity index (χ1) is 15.9. The smallest absolute Gasteiger partial charge is 0.425 e. The lowest BCUT2D eigenvalue weighted by atomic mass is 9.63. The average molecular weight is 504 g/mol. The van der Waals surface area contributed by atoms with E-state index in [0.29, 0.717) is 12.8 Å². The van der Waals surface area contributed by atoms with Gasteiger partial charge in [-0.25, -0.2) is 28.4 Å². The van der Waals surface area contributed by atoms with Gasteiger partial charge in [0.1, 0.15) is 17.2 Å². The first-order valence-electron chi connectivity index (χ1n) is 12.2. The molecule has 0 aromatic rings. The highest BCUT2D eigenvalue weighted by Gasteiger charge is 2.65. The molecule has 3 aliphatic rings. The molecule has 2 heterocycles. The van der Waals surface area contributed by atoms with E-state index in [-0.39, 0.29) is 31.6 Å². The number of hydrogen-bond donors (Lipinski definition) is 0. The highest BCUT2D eigenvalue weighted by molar-refractivity contribution is 5.77. The second kappa shape index (κ2) is 9.05. The molecule has 1 saturated carbocycles. The van der Waals surface area contributed by atoms with Crippen LogP contribution in [0.25, 0.3) is 0 Å². The van der Waals surface area contributed by atoms with E-state index < -0.39 is 53.4 Å². The summed E-state index contributed by atoms with van der Waals surface area (Å²) in [6, 6.07) is -2.36. The average Bonchev–Trinajstić information content (AvgIpc) is 3.14.